The van der Waals surface area contributed by atoms with Crippen LogP contribution in [0.2, 0.25) is 5.02 Å². The number of H-pyrrole nitrogens is 1. The van der Waals surface area contributed by atoms with E-state index in [0.29, 0.717) is 22.1 Å². The van der Waals surface area contributed by atoms with E-state index in [4.69, 9.17) is 11.6 Å². The monoisotopic (exact) mass is 280 g/mol. The molecule has 1 heterocycles. The average Bonchev–Trinajstić information content (AvgIpc) is 2.30. The predicted octanol–water partition coefficient (Wildman–Crippen LogP) is 3.53. The molecule has 0 aliphatic heterocycles. The molecule has 100 valence electrons. The highest BCUT2D eigenvalue weighted by atomic mass is 35.5. The van der Waals surface area contributed by atoms with Crippen LogP contribution in [0.3, 0.4) is 0 Å². The van der Waals surface area contributed by atoms with Gasteiger partial charge in [-0.3, -0.25) is 4.79 Å². The Kier molecular flexibility index (Phi) is 3.45. The standard InChI is InChI=1S/C14H14ClFN2O/c1-14(2,3)13-17-11(7-12(19)18-13)9-6-8(16)4-5-10(9)15/h4-7H,1-3H3,(H,17,18,19). The highest BCUT2D eigenvalue weighted by molar-refractivity contribution is 6.33. The van der Waals surface area contributed by atoms with Gasteiger partial charge in [0.15, 0.2) is 0 Å². The highest BCUT2D eigenvalue weighted by Crippen LogP contribution is 2.27. The number of hydrogen-bond acceptors (Lipinski definition) is 2. The first-order valence-corrected chi connectivity index (χ1v) is 6.22. The lowest BCUT2D eigenvalue weighted by Crippen LogP contribution is -2.22. The molecule has 0 saturated carbocycles. The summed E-state index contributed by atoms with van der Waals surface area (Å²) in [7, 11) is 0. The smallest absolute Gasteiger partial charge is 0.251 e. The average molecular weight is 281 g/mol. The summed E-state index contributed by atoms with van der Waals surface area (Å²) in [6, 6.07) is 5.31. The normalized spacial score (nSPS) is 11.6. The van der Waals surface area contributed by atoms with Gasteiger partial charge < -0.3 is 4.98 Å². The van der Waals surface area contributed by atoms with E-state index in [0.717, 1.165) is 0 Å². The Morgan fingerprint density at radius 1 is 1.26 bits per heavy atom. The Hall–Kier alpha value is -1.68. The van der Waals surface area contributed by atoms with Gasteiger partial charge in [0.05, 0.1) is 10.7 Å². The minimum absolute atomic E-state index is 0.282. The van der Waals surface area contributed by atoms with Crippen LogP contribution in [0.15, 0.2) is 29.1 Å². The SMILES string of the molecule is CC(C)(C)c1nc(-c2cc(F)ccc2Cl)cc(=O)[nH]1. The summed E-state index contributed by atoms with van der Waals surface area (Å²) in [4.78, 5) is 18.8. The van der Waals surface area contributed by atoms with Gasteiger partial charge in [0.25, 0.3) is 5.56 Å². The van der Waals surface area contributed by atoms with Crippen molar-refractivity contribution in [2.45, 2.75) is 26.2 Å². The summed E-state index contributed by atoms with van der Waals surface area (Å²) in [6.07, 6.45) is 0. The number of nitrogens with one attached hydrogen (secondary N) is 1. The molecule has 5 heteroatoms. The molecule has 1 aromatic heterocycles. The molecule has 1 N–H and O–H groups in total. The van der Waals surface area contributed by atoms with E-state index in [-0.39, 0.29) is 11.0 Å². The minimum atomic E-state index is -0.418. The Labute approximate surface area is 115 Å². The van der Waals surface area contributed by atoms with Crippen LogP contribution in [0, 0.1) is 5.82 Å². The lowest BCUT2D eigenvalue weighted by molar-refractivity contribution is 0.543. The Balaban J connectivity index is 2.66. The second kappa shape index (κ2) is 4.78. The third-order valence-corrected chi connectivity index (χ3v) is 2.99. The Bertz CT molecular complexity index is 674. The zero-order chi connectivity index (χ0) is 14.2. The molecule has 0 atom stereocenters. The van der Waals surface area contributed by atoms with Crippen molar-refractivity contribution in [3.8, 4) is 11.3 Å². The molecule has 2 aromatic rings. The van der Waals surface area contributed by atoms with Crippen LogP contribution in [0.4, 0.5) is 4.39 Å². The largest absolute Gasteiger partial charge is 0.310 e. The summed E-state index contributed by atoms with van der Waals surface area (Å²) in [6.45, 7) is 5.80. The zero-order valence-electron chi connectivity index (χ0n) is 10.9. The molecule has 2 rings (SSSR count). The molecule has 0 unspecified atom stereocenters. The predicted molar refractivity (Wildman–Crippen MR) is 74.0 cm³/mol. The number of nitrogens with zero attached hydrogens (tertiary/aromatic N) is 1. The number of aromatic amines is 1. The Morgan fingerprint density at radius 3 is 2.58 bits per heavy atom. The van der Waals surface area contributed by atoms with Crippen LogP contribution in [0.5, 0.6) is 0 Å². The summed E-state index contributed by atoms with van der Waals surface area (Å²) in [5.74, 6) is 0.120. The van der Waals surface area contributed by atoms with E-state index in [1.165, 1.54) is 24.3 Å². The molecule has 19 heavy (non-hydrogen) atoms. The highest BCUT2D eigenvalue weighted by Gasteiger charge is 2.18. The molecule has 0 fully saturated rings. The lowest BCUT2D eigenvalue weighted by atomic mass is 9.95. The molecule has 0 aliphatic carbocycles. The van der Waals surface area contributed by atoms with Gasteiger partial charge in [0.1, 0.15) is 11.6 Å². The van der Waals surface area contributed by atoms with E-state index in [1.807, 2.05) is 20.8 Å². The second-order valence-corrected chi connectivity index (χ2v) is 5.76. The maximum Gasteiger partial charge on any atom is 0.251 e. The van der Waals surface area contributed by atoms with Gasteiger partial charge >= 0.3 is 0 Å². The summed E-state index contributed by atoms with van der Waals surface area (Å²) >= 11 is 6.03. The van der Waals surface area contributed by atoms with Crippen molar-refractivity contribution in [1.29, 1.82) is 0 Å². The Morgan fingerprint density at radius 2 is 1.95 bits per heavy atom. The zero-order valence-corrected chi connectivity index (χ0v) is 11.7. The van der Waals surface area contributed by atoms with Crippen molar-refractivity contribution in [2.75, 3.05) is 0 Å². The van der Waals surface area contributed by atoms with E-state index in [1.54, 1.807) is 0 Å². The number of benzene rings is 1. The number of aromatic nitrogens is 2. The summed E-state index contributed by atoms with van der Waals surface area (Å²) in [5, 5.41) is 0.361. The van der Waals surface area contributed by atoms with Crippen molar-refractivity contribution >= 4 is 11.6 Å². The molecule has 0 radical (unpaired) electrons. The first kappa shape index (κ1) is 13.7. The van der Waals surface area contributed by atoms with E-state index in [9.17, 15) is 9.18 Å². The van der Waals surface area contributed by atoms with E-state index in [2.05, 4.69) is 9.97 Å². The first-order chi connectivity index (χ1) is 8.77. The minimum Gasteiger partial charge on any atom is -0.310 e. The maximum atomic E-state index is 13.3. The van der Waals surface area contributed by atoms with E-state index >= 15 is 0 Å². The van der Waals surface area contributed by atoms with Gasteiger partial charge in [-0.05, 0) is 18.2 Å². The molecule has 0 bridgehead atoms. The fourth-order valence-electron chi connectivity index (χ4n) is 1.64. The fraction of sp³-hybridized carbons (Fsp3) is 0.286. The van der Waals surface area contributed by atoms with Crippen LogP contribution in [-0.4, -0.2) is 9.97 Å². The molecule has 0 spiro atoms. The lowest BCUT2D eigenvalue weighted by Gasteiger charge is -2.17. The molecular weight excluding hydrogens is 267 g/mol. The van der Waals surface area contributed by atoms with Crippen LogP contribution in [-0.2, 0) is 5.41 Å². The topological polar surface area (TPSA) is 45.8 Å². The van der Waals surface area contributed by atoms with Gasteiger partial charge in [-0.15, -0.1) is 0 Å². The maximum absolute atomic E-state index is 13.3. The molecular formula is C14H14ClFN2O. The second-order valence-electron chi connectivity index (χ2n) is 5.35. The number of rotatable bonds is 1. The summed E-state index contributed by atoms with van der Waals surface area (Å²) < 4.78 is 13.3. The first-order valence-electron chi connectivity index (χ1n) is 5.84. The van der Waals surface area contributed by atoms with Crippen LogP contribution in [0.25, 0.3) is 11.3 Å². The number of hydrogen-bond donors (Lipinski definition) is 1. The summed E-state index contributed by atoms with van der Waals surface area (Å²) in [5.41, 5.74) is 0.196. The quantitative estimate of drug-likeness (QED) is 0.868. The van der Waals surface area contributed by atoms with Gasteiger partial charge in [-0.25, -0.2) is 9.37 Å². The van der Waals surface area contributed by atoms with Crippen molar-refractivity contribution in [3.63, 3.8) is 0 Å². The van der Waals surface area contributed by atoms with Crippen molar-refractivity contribution in [1.82, 2.24) is 9.97 Å². The van der Waals surface area contributed by atoms with Crippen LogP contribution < -0.4 is 5.56 Å². The molecule has 0 aliphatic rings. The van der Waals surface area contributed by atoms with Gasteiger partial charge in [0, 0.05) is 17.0 Å². The molecule has 0 saturated heterocycles. The third-order valence-electron chi connectivity index (χ3n) is 2.66. The van der Waals surface area contributed by atoms with Crippen molar-refractivity contribution in [2.24, 2.45) is 0 Å². The molecule has 3 nitrogen and oxygen atoms in total. The van der Waals surface area contributed by atoms with Gasteiger partial charge in [0.2, 0.25) is 0 Å². The van der Waals surface area contributed by atoms with Crippen LogP contribution >= 0.6 is 11.6 Å². The van der Waals surface area contributed by atoms with Gasteiger partial charge in [-0.1, -0.05) is 32.4 Å². The molecule has 1 aromatic carbocycles. The van der Waals surface area contributed by atoms with Gasteiger partial charge in [-0.2, -0.15) is 0 Å². The number of halogens is 2. The molecule has 0 amide bonds. The van der Waals surface area contributed by atoms with Crippen LogP contribution in [0.1, 0.15) is 26.6 Å². The van der Waals surface area contributed by atoms with Crippen molar-refractivity contribution in [3.05, 3.63) is 51.3 Å². The van der Waals surface area contributed by atoms with E-state index < -0.39 is 5.82 Å². The third kappa shape index (κ3) is 3.01. The fourth-order valence-corrected chi connectivity index (χ4v) is 1.86. The van der Waals surface area contributed by atoms with Crippen molar-refractivity contribution < 1.29 is 4.39 Å².